The number of halogens is 2. The van der Waals surface area contributed by atoms with Gasteiger partial charge in [-0.15, -0.1) is 0 Å². The van der Waals surface area contributed by atoms with E-state index in [1.165, 1.54) is 0 Å². The Balaban J connectivity index is 1.83. The van der Waals surface area contributed by atoms with Crippen LogP contribution in [0, 0.1) is 0 Å². The standard InChI is InChI=1S/C14H16Cl2N4O2/c1-20-8-9(6-19-20)5-17-14(22)18-7-12(21)13-10(15)3-2-4-11(13)16/h2-4,6,8,12,21H,5,7H2,1H3,(H2,17,18,22). The molecule has 2 rings (SSSR count). The number of carbonyl (C=O) groups is 1. The number of hydrogen-bond acceptors (Lipinski definition) is 3. The molecule has 0 spiro atoms. The fourth-order valence-corrected chi connectivity index (χ4v) is 2.58. The Morgan fingerprint density at radius 2 is 2.05 bits per heavy atom. The summed E-state index contributed by atoms with van der Waals surface area (Å²) in [5, 5.41) is 20.1. The van der Waals surface area contributed by atoms with Gasteiger partial charge in [0.05, 0.1) is 12.3 Å². The van der Waals surface area contributed by atoms with Crippen molar-refractivity contribution < 1.29 is 9.90 Å². The Bertz CT molecular complexity index is 640. The van der Waals surface area contributed by atoms with Crippen molar-refractivity contribution in [3.05, 3.63) is 51.8 Å². The number of carbonyl (C=O) groups excluding carboxylic acids is 1. The third-order valence-electron chi connectivity index (χ3n) is 3.00. The summed E-state index contributed by atoms with van der Waals surface area (Å²) in [5.74, 6) is 0. The summed E-state index contributed by atoms with van der Waals surface area (Å²) < 4.78 is 1.65. The summed E-state index contributed by atoms with van der Waals surface area (Å²) in [6.45, 7) is 0.352. The summed E-state index contributed by atoms with van der Waals surface area (Å²) in [6, 6.07) is 4.56. The van der Waals surface area contributed by atoms with Gasteiger partial charge >= 0.3 is 6.03 Å². The zero-order valence-electron chi connectivity index (χ0n) is 11.9. The molecular weight excluding hydrogens is 327 g/mol. The SMILES string of the molecule is Cn1cc(CNC(=O)NCC(O)c2c(Cl)cccc2Cl)cn1. The lowest BCUT2D eigenvalue weighted by molar-refractivity contribution is 0.173. The highest BCUT2D eigenvalue weighted by Gasteiger charge is 2.16. The number of aliphatic hydroxyl groups is 1. The van der Waals surface area contributed by atoms with E-state index >= 15 is 0 Å². The second kappa shape index (κ2) is 7.49. The van der Waals surface area contributed by atoms with E-state index in [0.29, 0.717) is 22.2 Å². The second-order valence-electron chi connectivity index (χ2n) is 4.74. The topological polar surface area (TPSA) is 79.2 Å². The van der Waals surface area contributed by atoms with Gasteiger partial charge in [0.25, 0.3) is 0 Å². The van der Waals surface area contributed by atoms with Gasteiger partial charge in [0, 0.05) is 47.5 Å². The van der Waals surface area contributed by atoms with Crippen LogP contribution in [0.4, 0.5) is 4.79 Å². The molecule has 0 aliphatic heterocycles. The average Bonchev–Trinajstić information content (AvgIpc) is 2.88. The van der Waals surface area contributed by atoms with Gasteiger partial charge in [0.15, 0.2) is 0 Å². The molecule has 0 saturated heterocycles. The molecule has 2 amide bonds. The molecule has 1 unspecified atom stereocenters. The number of aromatic nitrogens is 2. The lowest BCUT2D eigenvalue weighted by Gasteiger charge is -2.15. The zero-order chi connectivity index (χ0) is 16.1. The first kappa shape index (κ1) is 16.6. The van der Waals surface area contributed by atoms with E-state index in [9.17, 15) is 9.90 Å². The highest BCUT2D eigenvalue weighted by Crippen LogP contribution is 2.29. The molecular formula is C14H16Cl2N4O2. The maximum atomic E-state index is 11.7. The van der Waals surface area contributed by atoms with E-state index in [0.717, 1.165) is 5.56 Å². The van der Waals surface area contributed by atoms with Crippen LogP contribution in [0.3, 0.4) is 0 Å². The molecule has 0 fully saturated rings. The van der Waals surface area contributed by atoms with Crippen molar-refractivity contribution in [1.82, 2.24) is 20.4 Å². The highest BCUT2D eigenvalue weighted by molar-refractivity contribution is 6.36. The van der Waals surface area contributed by atoms with Crippen molar-refractivity contribution in [2.24, 2.45) is 7.05 Å². The number of benzene rings is 1. The van der Waals surface area contributed by atoms with Gasteiger partial charge in [0.2, 0.25) is 0 Å². The number of nitrogens with one attached hydrogen (secondary N) is 2. The summed E-state index contributed by atoms with van der Waals surface area (Å²) in [5.41, 5.74) is 1.28. The molecule has 0 aliphatic rings. The number of aliphatic hydroxyl groups excluding tert-OH is 1. The number of urea groups is 1. The van der Waals surface area contributed by atoms with Crippen LogP contribution < -0.4 is 10.6 Å². The van der Waals surface area contributed by atoms with E-state index in [-0.39, 0.29) is 6.54 Å². The van der Waals surface area contributed by atoms with Crippen molar-refractivity contribution in [1.29, 1.82) is 0 Å². The zero-order valence-corrected chi connectivity index (χ0v) is 13.4. The largest absolute Gasteiger partial charge is 0.386 e. The summed E-state index contributed by atoms with van der Waals surface area (Å²) in [4.78, 5) is 11.7. The Morgan fingerprint density at radius 3 is 2.64 bits per heavy atom. The average molecular weight is 343 g/mol. The molecule has 8 heteroatoms. The van der Waals surface area contributed by atoms with Gasteiger partial charge in [-0.25, -0.2) is 4.79 Å². The summed E-state index contributed by atoms with van der Waals surface area (Å²) in [6.07, 6.45) is 2.49. The Hall–Kier alpha value is -1.76. The smallest absolute Gasteiger partial charge is 0.315 e. The first-order valence-electron chi connectivity index (χ1n) is 6.58. The Morgan fingerprint density at radius 1 is 1.36 bits per heavy atom. The number of hydrogen-bond donors (Lipinski definition) is 3. The molecule has 0 saturated carbocycles. The Kier molecular flexibility index (Phi) is 5.65. The van der Waals surface area contributed by atoms with Crippen molar-refractivity contribution in [2.75, 3.05) is 6.54 Å². The number of amides is 2. The maximum Gasteiger partial charge on any atom is 0.315 e. The lowest BCUT2D eigenvalue weighted by atomic mass is 10.1. The van der Waals surface area contributed by atoms with Crippen molar-refractivity contribution in [3.63, 3.8) is 0 Å². The molecule has 1 atom stereocenters. The van der Waals surface area contributed by atoms with Gasteiger partial charge < -0.3 is 15.7 Å². The first-order chi connectivity index (χ1) is 10.5. The van der Waals surface area contributed by atoms with Gasteiger partial charge in [-0.05, 0) is 12.1 Å². The van der Waals surface area contributed by atoms with Crippen LogP contribution in [0.5, 0.6) is 0 Å². The van der Waals surface area contributed by atoms with Crippen molar-refractivity contribution in [2.45, 2.75) is 12.6 Å². The van der Waals surface area contributed by atoms with E-state index < -0.39 is 12.1 Å². The van der Waals surface area contributed by atoms with Crippen LogP contribution in [0.1, 0.15) is 17.2 Å². The molecule has 0 bridgehead atoms. The summed E-state index contributed by atoms with van der Waals surface area (Å²) in [7, 11) is 1.80. The lowest BCUT2D eigenvalue weighted by Crippen LogP contribution is -2.37. The molecule has 1 aromatic carbocycles. The molecule has 6 nitrogen and oxygen atoms in total. The maximum absolute atomic E-state index is 11.7. The number of rotatable bonds is 5. The molecule has 0 radical (unpaired) electrons. The van der Waals surface area contributed by atoms with Gasteiger partial charge in [-0.3, -0.25) is 4.68 Å². The van der Waals surface area contributed by atoms with Crippen LogP contribution in [0.2, 0.25) is 10.0 Å². The third kappa shape index (κ3) is 4.37. The monoisotopic (exact) mass is 342 g/mol. The molecule has 1 aromatic heterocycles. The molecule has 1 heterocycles. The van der Waals surface area contributed by atoms with Crippen LogP contribution in [-0.2, 0) is 13.6 Å². The van der Waals surface area contributed by atoms with E-state index in [2.05, 4.69) is 15.7 Å². The van der Waals surface area contributed by atoms with Crippen LogP contribution in [0.25, 0.3) is 0 Å². The van der Waals surface area contributed by atoms with Gasteiger partial charge in [0.1, 0.15) is 0 Å². The van der Waals surface area contributed by atoms with Crippen LogP contribution >= 0.6 is 23.2 Å². The minimum Gasteiger partial charge on any atom is -0.386 e. The number of nitrogens with zero attached hydrogens (tertiary/aromatic N) is 2. The minimum atomic E-state index is -0.981. The fraction of sp³-hybridized carbons (Fsp3) is 0.286. The Labute approximate surface area is 138 Å². The van der Waals surface area contributed by atoms with E-state index in [1.54, 1.807) is 42.3 Å². The van der Waals surface area contributed by atoms with Crippen LogP contribution in [-0.4, -0.2) is 27.5 Å². The molecule has 118 valence electrons. The quantitative estimate of drug-likeness (QED) is 0.779. The highest BCUT2D eigenvalue weighted by atomic mass is 35.5. The summed E-state index contributed by atoms with van der Waals surface area (Å²) >= 11 is 12.0. The normalized spacial score (nSPS) is 12.0. The predicted molar refractivity (Wildman–Crippen MR) is 84.9 cm³/mol. The molecule has 0 aliphatic carbocycles. The van der Waals surface area contributed by atoms with Crippen molar-refractivity contribution in [3.8, 4) is 0 Å². The molecule has 3 N–H and O–H groups in total. The minimum absolute atomic E-state index is 0.00231. The van der Waals surface area contributed by atoms with Gasteiger partial charge in [-0.1, -0.05) is 29.3 Å². The third-order valence-corrected chi connectivity index (χ3v) is 3.66. The van der Waals surface area contributed by atoms with E-state index in [1.807, 2.05) is 0 Å². The second-order valence-corrected chi connectivity index (χ2v) is 5.55. The van der Waals surface area contributed by atoms with Crippen LogP contribution in [0.15, 0.2) is 30.6 Å². The van der Waals surface area contributed by atoms with Crippen molar-refractivity contribution >= 4 is 29.2 Å². The van der Waals surface area contributed by atoms with Gasteiger partial charge in [-0.2, -0.15) is 5.10 Å². The molecule has 2 aromatic rings. The fourth-order valence-electron chi connectivity index (χ4n) is 1.93. The molecule has 22 heavy (non-hydrogen) atoms. The first-order valence-corrected chi connectivity index (χ1v) is 7.34. The van der Waals surface area contributed by atoms with E-state index in [4.69, 9.17) is 23.2 Å². The number of aryl methyl sites for hydroxylation is 1. The predicted octanol–water partition coefficient (Wildman–Crippen LogP) is 2.26.